The predicted octanol–water partition coefficient (Wildman–Crippen LogP) is 4.46. The van der Waals surface area contributed by atoms with Gasteiger partial charge in [0, 0.05) is 36.2 Å². The second-order valence-corrected chi connectivity index (χ2v) is 9.59. The molecule has 3 aromatic rings. The molecule has 2 aliphatic rings. The van der Waals surface area contributed by atoms with E-state index in [-0.39, 0.29) is 17.0 Å². The molecule has 1 amide bonds. The second kappa shape index (κ2) is 9.41. The highest BCUT2D eigenvalue weighted by Gasteiger charge is 2.36. The van der Waals surface area contributed by atoms with Gasteiger partial charge in [0.15, 0.2) is 6.10 Å². The molecule has 5 rings (SSSR count). The first-order valence-corrected chi connectivity index (χ1v) is 12.1. The molecule has 33 heavy (non-hydrogen) atoms. The van der Waals surface area contributed by atoms with Crippen LogP contribution in [0, 0.1) is 5.82 Å². The Morgan fingerprint density at radius 1 is 1.21 bits per heavy atom. The van der Waals surface area contributed by atoms with Gasteiger partial charge in [-0.1, -0.05) is 13.0 Å². The summed E-state index contributed by atoms with van der Waals surface area (Å²) >= 11 is 0. The first-order valence-electron chi connectivity index (χ1n) is 10.8. The fraction of sp³-hybridized carbons (Fsp3) is 0.280. The zero-order chi connectivity index (χ0) is 22.2. The Hall–Kier alpha value is -3.10. The predicted molar refractivity (Wildman–Crippen MR) is 127 cm³/mol. The molecule has 0 spiro atoms. The van der Waals surface area contributed by atoms with E-state index in [1.54, 1.807) is 17.2 Å². The zero-order valence-electron chi connectivity index (χ0n) is 18.4. The number of pyridine rings is 1. The van der Waals surface area contributed by atoms with E-state index in [4.69, 9.17) is 4.74 Å². The van der Waals surface area contributed by atoms with Crippen LogP contribution in [0.25, 0.3) is 11.3 Å². The van der Waals surface area contributed by atoms with Gasteiger partial charge >= 0.3 is 0 Å². The molecule has 172 valence electrons. The van der Waals surface area contributed by atoms with Crippen molar-refractivity contribution in [3.63, 3.8) is 0 Å². The van der Waals surface area contributed by atoms with Crippen molar-refractivity contribution in [1.29, 1.82) is 0 Å². The van der Waals surface area contributed by atoms with Gasteiger partial charge in [-0.2, -0.15) is 0 Å². The van der Waals surface area contributed by atoms with Crippen LogP contribution in [0.1, 0.15) is 24.5 Å². The van der Waals surface area contributed by atoms with Crippen molar-refractivity contribution >= 4 is 22.4 Å². The SMILES string of the molecule is CCC[S@@](=O)c1cc2c(cc1F)CCN2C(=O)[C@H]1Cc2cc(-c3ccccn3)ccc2O1.N. The number of anilines is 1. The minimum Gasteiger partial charge on any atom is -0.480 e. The number of rotatable bonds is 5. The fourth-order valence-electron chi connectivity index (χ4n) is 4.34. The number of aromatic nitrogens is 1. The lowest BCUT2D eigenvalue weighted by Crippen LogP contribution is -2.40. The number of hydrogen-bond acceptors (Lipinski definition) is 5. The summed E-state index contributed by atoms with van der Waals surface area (Å²) < 4.78 is 32.9. The third-order valence-electron chi connectivity index (χ3n) is 5.90. The van der Waals surface area contributed by atoms with Crippen molar-refractivity contribution in [2.45, 2.75) is 37.2 Å². The Bertz CT molecular complexity index is 1220. The number of benzene rings is 2. The highest BCUT2D eigenvalue weighted by molar-refractivity contribution is 7.85. The molecule has 3 heterocycles. The lowest BCUT2D eigenvalue weighted by molar-refractivity contribution is -0.124. The lowest BCUT2D eigenvalue weighted by atomic mass is 10.0. The number of fused-ring (bicyclic) bond motifs is 2. The highest BCUT2D eigenvalue weighted by Crippen LogP contribution is 2.36. The van der Waals surface area contributed by atoms with E-state index < -0.39 is 22.7 Å². The summed E-state index contributed by atoms with van der Waals surface area (Å²) in [6.07, 6.45) is 2.85. The van der Waals surface area contributed by atoms with Crippen molar-refractivity contribution in [1.82, 2.24) is 11.1 Å². The first kappa shape index (κ1) is 23.1. The third-order valence-corrected chi connectivity index (χ3v) is 7.48. The van der Waals surface area contributed by atoms with E-state index in [1.807, 2.05) is 43.3 Å². The number of carbonyl (C=O) groups is 1. The molecule has 0 saturated carbocycles. The molecule has 2 atom stereocenters. The van der Waals surface area contributed by atoms with E-state index >= 15 is 0 Å². The average Bonchev–Trinajstić information content (AvgIpc) is 3.42. The van der Waals surface area contributed by atoms with Gasteiger partial charge in [0.25, 0.3) is 5.91 Å². The van der Waals surface area contributed by atoms with Crippen LogP contribution >= 0.6 is 0 Å². The molecule has 1 aromatic heterocycles. The summed E-state index contributed by atoms with van der Waals surface area (Å²) in [6.45, 7) is 2.38. The Kier molecular flexibility index (Phi) is 6.58. The molecule has 0 aliphatic carbocycles. The zero-order valence-corrected chi connectivity index (χ0v) is 19.2. The number of hydrogen-bond donors (Lipinski definition) is 1. The Labute approximate surface area is 194 Å². The Morgan fingerprint density at radius 2 is 2.06 bits per heavy atom. The molecule has 2 aromatic carbocycles. The number of halogens is 1. The first-order chi connectivity index (χ1) is 15.5. The molecule has 3 N–H and O–H groups in total. The van der Waals surface area contributed by atoms with Gasteiger partial charge < -0.3 is 15.8 Å². The topological polar surface area (TPSA) is 94.5 Å². The molecule has 6 nitrogen and oxygen atoms in total. The van der Waals surface area contributed by atoms with Crippen molar-refractivity contribution in [2.75, 3.05) is 17.2 Å². The number of amides is 1. The van der Waals surface area contributed by atoms with Crippen LogP contribution in [0.5, 0.6) is 5.75 Å². The van der Waals surface area contributed by atoms with Crippen molar-refractivity contribution in [2.24, 2.45) is 0 Å². The smallest absolute Gasteiger partial charge is 0.268 e. The van der Waals surface area contributed by atoms with E-state index in [9.17, 15) is 13.4 Å². The van der Waals surface area contributed by atoms with Crippen LogP contribution in [-0.4, -0.2) is 33.5 Å². The Balaban J connectivity index is 0.00000259. The standard InChI is InChI=1S/C25H23FN2O3S.H3N/c1-2-11-32(30)24-15-21-17(13-19(24)26)8-10-28(21)25(29)23-14-18-12-16(6-7-22(18)31-23)20-5-3-4-9-27-20;/h3-7,9,12-13,15,23H,2,8,10-11,14H2,1H3;1H3/t23-,32-;/m1./s1. The summed E-state index contributed by atoms with van der Waals surface area (Å²) in [6, 6.07) is 14.6. The molecule has 0 unspecified atom stereocenters. The normalized spacial score (nSPS) is 17.0. The van der Waals surface area contributed by atoms with Crippen molar-refractivity contribution < 1.29 is 18.1 Å². The maximum atomic E-state index is 14.5. The summed E-state index contributed by atoms with van der Waals surface area (Å²) in [5.74, 6) is 0.476. The van der Waals surface area contributed by atoms with Crippen molar-refractivity contribution in [3.8, 4) is 17.0 Å². The van der Waals surface area contributed by atoms with Crippen LogP contribution in [0.4, 0.5) is 10.1 Å². The average molecular weight is 468 g/mol. The molecular formula is C25H26FN3O3S. The van der Waals surface area contributed by atoms with Gasteiger partial charge in [-0.05, 0) is 66.4 Å². The van der Waals surface area contributed by atoms with Crippen LogP contribution in [0.15, 0.2) is 59.6 Å². The molecule has 8 heteroatoms. The van der Waals surface area contributed by atoms with E-state index in [0.29, 0.717) is 43.0 Å². The van der Waals surface area contributed by atoms with Crippen LogP contribution in [-0.2, 0) is 28.4 Å². The van der Waals surface area contributed by atoms with Gasteiger partial charge in [0.1, 0.15) is 11.6 Å². The summed E-state index contributed by atoms with van der Waals surface area (Å²) in [7, 11) is -1.42. The molecule has 2 aliphatic heterocycles. The number of ether oxygens (including phenoxy) is 1. The maximum absolute atomic E-state index is 14.5. The summed E-state index contributed by atoms with van der Waals surface area (Å²) in [5.41, 5.74) is 4.22. The highest BCUT2D eigenvalue weighted by atomic mass is 32.2. The fourth-order valence-corrected chi connectivity index (χ4v) is 5.45. The van der Waals surface area contributed by atoms with E-state index in [2.05, 4.69) is 4.98 Å². The lowest BCUT2D eigenvalue weighted by Gasteiger charge is -2.21. The minimum atomic E-state index is -1.42. The molecule has 0 fully saturated rings. The minimum absolute atomic E-state index is 0. The van der Waals surface area contributed by atoms with Crippen LogP contribution in [0.3, 0.4) is 0 Å². The number of nitrogens with zero attached hydrogens (tertiary/aromatic N) is 2. The van der Waals surface area contributed by atoms with Gasteiger partial charge in [-0.15, -0.1) is 0 Å². The van der Waals surface area contributed by atoms with Gasteiger partial charge in [0.05, 0.1) is 21.4 Å². The van der Waals surface area contributed by atoms with Gasteiger partial charge in [-0.25, -0.2) is 4.39 Å². The third kappa shape index (κ3) is 4.28. The maximum Gasteiger partial charge on any atom is 0.268 e. The monoisotopic (exact) mass is 467 g/mol. The number of carbonyl (C=O) groups excluding carboxylic acids is 1. The van der Waals surface area contributed by atoms with Crippen LogP contribution < -0.4 is 15.8 Å². The van der Waals surface area contributed by atoms with Gasteiger partial charge in [-0.3, -0.25) is 14.0 Å². The van der Waals surface area contributed by atoms with E-state index in [0.717, 1.165) is 22.4 Å². The second-order valence-electron chi connectivity index (χ2n) is 8.05. The molecule has 0 bridgehead atoms. The van der Waals surface area contributed by atoms with Gasteiger partial charge in [0.2, 0.25) is 0 Å². The summed E-state index contributed by atoms with van der Waals surface area (Å²) in [4.78, 5) is 19.6. The Morgan fingerprint density at radius 3 is 2.82 bits per heavy atom. The molecule has 0 radical (unpaired) electrons. The molecular weight excluding hydrogens is 441 g/mol. The largest absolute Gasteiger partial charge is 0.480 e. The molecule has 0 saturated heterocycles. The quantitative estimate of drug-likeness (QED) is 0.598. The van der Waals surface area contributed by atoms with Crippen LogP contribution in [0.2, 0.25) is 0 Å². The van der Waals surface area contributed by atoms with Crippen molar-refractivity contribution in [3.05, 3.63) is 71.7 Å². The summed E-state index contributed by atoms with van der Waals surface area (Å²) in [5, 5.41) is 0. The van der Waals surface area contributed by atoms with E-state index in [1.165, 1.54) is 6.07 Å².